The lowest BCUT2D eigenvalue weighted by atomic mass is 10.2. The van der Waals surface area contributed by atoms with Gasteiger partial charge in [0.05, 0.1) is 25.7 Å². The van der Waals surface area contributed by atoms with Gasteiger partial charge >= 0.3 is 5.97 Å². The second-order valence-electron chi connectivity index (χ2n) is 6.62. The third-order valence-corrected chi connectivity index (χ3v) is 6.10. The number of aromatic carboxylic acids is 1. The number of aryl methyl sites for hydroxylation is 1. The molecule has 10 heteroatoms. The molecule has 3 N–H and O–H groups in total. The molecular formula is C21H16Br2ClN3O4. The fraction of sp³-hybridized carbons (Fsp3) is 0.0952. The van der Waals surface area contributed by atoms with E-state index in [1.54, 1.807) is 12.1 Å². The fourth-order valence-electron chi connectivity index (χ4n) is 3.05. The van der Waals surface area contributed by atoms with Crippen molar-refractivity contribution in [2.24, 2.45) is 5.10 Å². The van der Waals surface area contributed by atoms with Crippen LogP contribution in [0.5, 0.6) is 5.75 Å². The molecule has 1 amide bonds. The van der Waals surface area contributed by atoms with Gasteiger partial charge < -0.3 is 14.8 Å². The highest BCUT2D eigenvalue weighted by Gasteiger charge is 2.15. The summed E-state index contributed by atoms with van der Waals surface area (Å²) in [7, 11) is 0. The van der Waals surface area contributed by atoms with Gasteiger partial charge in [0.15, 0.2) is 0 Å². The number of phenolic OH excluding ortho intramolecular Hbond substituents is 1. The number of hydrogen-bond donors (Lipinski definition) is 3. The Hall–Kier alpha value is -2.62. The molecule has 0 aliphatic rings. The molecule has 3 rings (SSSR count). The first-order valence-electron chi connectivity index (χ1n) is 8.83. The van der Waals surface area contributed by atoms with E-state index in [-0.39, 0.29) is 16.3 Å². The van der Waals surface area contributed by atoms with Crippen LogP contribution < -0.4 is 5.43 Å². The summed E-state index contributed by atoms with van der Waals surface area (Å²) in [5.41, 5.74) is 5.84. The smallest absolute Gasteiger partial charge is 0.337 e. The minimum atomic E-state index is -1.11. The first kappa shape index (κ1) is 23.1. The lowest BCUT2D eigenvalue weighted by Crippen LogP contribution is -2.17. The van der Waals surface area contributed by atoms with Crippen molar-refractivity contribution in [3.63, 3.8) is 0 Å². The van der Waals surface area contributed by atoms with Crippen molar-refractivity contribution in [1.82, 2.24) is 9.99 Å². The van der Waals surface area contributed by atoms with E-state index in [1.807, 2.05) is 24.5 Å². The molecule has 7 nitrogen and oxygen atoms in total. The molecule has 1 aromatic heterocycles. The number of benzene rings is 2. The number of amides is 1. The van der Waals surface area contributed by atoms with Gasteiger partial charge in [0, 0.05) is 28.2 Å². The van der Waals surface area contributed by atoms with Crippen LogP contribution in [0.4, 0.5) is 0 Å². The maximum Gasteiger partial charge on any atom is 0.337 e. The van der Waals surface area contributed by atoms with Gasteiger partial charge in [-0.05, 0) is 82.1 Å². The predicted molar refractivity (Wildman–Crippen MR) is 126 cm³/mol. The summed E-state index contributed by atoms with van der Waals surface area (Å²) in [5, 5.41) is 23.3. The second-order valence-corrected chi connectivity index (χ2v) is 8.73. The monoisotopic (exact) mass is 567 g/mol. The largest absolute Gasteiger partial charge is 0.506 e. The number of carboxylic acid groups (broad SMARTS) is 1. The van der Waals surface area contributed by atoms with Gasteiger partial charge in [-0.15, -0.1) is 0 Å². The second kappa shape index (κ2) is 9.25. The van der Waals surface area contributed by atoms with Crippen molar-refractivity contribution in [3.8, 4) is 11.4 Å². The van der Waals surface area contributed by atoms with E-state index in [9.17, 15) is 19.8 Å². The van der Waals surface area contributed by atoms with E-state index in [4.69, 9.17) is 11.6 Å². The molecule has 0 aliphatic heterocycles. The van der Waals surface area contributed by atoms with Crippen molar-refractivity contribution in [3.05, 3.63) is 78.4 Å². The lowest BCUT2D eigenvalue weighted by molar-refractivity contribution is 0.0696. The van der Waals surface area contributed by atoms with Gasteiger partial charge in [-0.1, -0.05) is 11.6 Å². The molecule has 31 heavy (non-hydrogen) atoms. The summed E-state index contributed by atoms with van der Waals surface area (Å²) in [4.78, 5) is 23.7. The van der Waals surface area contributed by atoms with Crippen LogP contribution in [0.2, 0.25) is 5.02 Å². The Kier molecular flexibility index (Phi) is 6.88. The van der Waals surface area contributed by atoms with E-state index in [2.05, 4.69) is 42.4 Å². The van der Waals surface area contributed by atoms with Crippen molar-refractivity contribution in [1.29, 1.82) is 0 Å². The van der Waals surface area contributed by atoms with Crippen molar-refractivity contribution in [2.45, 2.75) is 13.8 Å². The van der Waals surface area contributed by atoms with E-state index in [0.29, 0.717) is 20.2 Å². The Morgan fingerprint density at radius 2 is 1.77 bits per heavy atom. The van der Waals surface area contributed by atoms with E-state index in [0.717, 1.165) is 17.0 Å². The summed E-state index contributed by atoms with van der Waals surface area (Å²) >= 11 is 12.3. The van der Waals surface area contributed by atoms with Crippen molar-refractivity contribution >= 4 is 61.6 Å². The van der Waals surface area contributed by atoms with E-state index >= 15 is 0 Å². The van der Waals surface area contributed by atoms with Crippen LogP contribution >= 0.6 is 43.5 Å². The molecule has 0 radical (unpaired) electrons. The average molecular weight is 570 g/mol. The first-order valence-corrected chi connectivity index (χ1v) is 10.8. The van der Waals surface area contributed by atoms with Gasteiger partial charge in [-0.25, -0.2) is 10.2 Å². The van der Waals surface area contributed by atoms with Crippen molar-refractivity contribution in [2.75, 3.05) is 0 Å². The topological polar surface area (TPSA) is 104 Å². The number of hydrazone groups is 1. The molecule has 0 fully saturated rings. The van der Waals surface area contributed by atoms with Crippen molar-refractivity contribution < 1.29 is 19.8 Å². The van der Waals surface area contributed by atoms with E-state index < -0.39 is 11.9 Å². The fourth-order valence-corrected chi connectivity index (χ4v) is 4.44. The Morgan fingerprint density at radius 3 is 2.39 bits per heavy atom. The highest BCUT2D eigenvalue weighted by Crippen LogP contribution is 2.33. The number of carbonyl (C=O) groups excluding carboxylic acids is 1. The number of hydrogen-bond acceptors (Lipinski definition) is 4. The quantitative estimate of drug-likeness (QED) is 0.281. The summed E-state index contributed by atoms with van der Waals surface area (Å²) < 4.78 is 2.63. The molecule has 3 aromatic rings. The van der Waals surface area contributed by atoms with E-state index in [1.165, 1.54) is 24.4 Å². The Morgan fingerprint density at radius 1 is 1.13 bits per heavy atom. The molecule has 0 bridgehead atoms. The Bertz CT molecular complexity index is 1210. The van der Waals surface area contributed by atoms with Crippen LogP contribution in [0.3, 0.4) is 0 Å². The molecule has 0 aliphatic carbocycles. The number of nitrogens with zero attached hydrogens (tertiary/aromatic N) is 2. The highest BCUT2D eigenvalue weighted by molar-refractivity contribution is 9.11. The number of phenols is 1. The zero-order chi connectivity index (χ0) is 22.9. The zero-order valence-corrected chi connectivity index (χ0v) is 20.2. The van der Waals surface area contributed by atoms with Gasteiger partial charge in [0.2, 0.25) is 0 Å². The number of halogens is 3. The molecule has 0 saturated heterocycles. The van der Waals surface area contributed by atoms with Crippen LogP contribution in [-0.4, -0.2) is 32.9 Å². The molecular weight excluding hydrogens is 554 g/mol. The van der Waals surface area contributed by atoms with Gasteiger partial charge in [-0.2, -0.15) is 5.10 Å². The summed E-state index contributed by atoms with van der Waals surface area (Å²) in [6.45, 7) is 3.74. The number of carbonyl (C=O) groups is 2. The van der Waals surface area contributed by atoms with Crippen LogP contribution in [-0.2, 0) is 0 Å². The normalized spacial score (nSPS) is 11.1. The third kappa shape index (κ3) is 4.84. The minimum absolute atomic E-state index is 0.000691. The number of nitrogens with one attached hydrogen (secondary N) is 1. The number of aromatic hydroxyl groups is 1. The first-order chi connectivity index (χ1) is 14.6. The van der Waals surface area contributed by atoms with Crippen LogP contribution in [0.25, 0.3) is 5.69 Å². The maximum absolute atomic E-state index is 12.3. The zero-order valence-electron chi connectivity index (χ0n) is 16.3. The Labute approximate surface area is 199 Å². The molecule has 0 unspecified atom stereocenters. The molecule has 1 heterocycles. The average Bonchev–Trinajstić information content (AvgIpc) is 2.99. The SMILES string of the molecule is Cc1cc(/C=N\NC(=O)c2cc(Br)c(O)c(Br)c2)c(C)n1-c1ccc(Cl)c(C(=O)O)c1. The highest BCUT2D eigenvalue weighted by atomic mass is 79.9. The van der Waals surface area contributed by atoms with Gasteiger partial charge in [0.25, 0.3) is 5.91 Å². The molecule has 0 spiro atoms. The standard InChI is InChI=1S/C21H16Br2ClN3O4/c1-10-5-13(9-25-26-20(29)12-6-16(22)19(28)17(23)7-12)11(2)27(10)14-3-4-18(24)15(8-14)21(30)31/h3-9,28H,1-2H3,(H,26,29)(H,30,31)/b25-9-. The van der Waals surface area contributed by atoms with Crippen LogP contribution in [0.15, 0.2) is 50.4 Å². The van der Waals surface area contributed by atoms with Gasteiger partial charge in [0.1, 0.15) is 5.75 Å². The minimum Gasteiger partial charge on any atom is -0.506 e. The molecule has 160 valence electrons. The predicted octanol–water partition coefficient (Wildman–Crippen LogP) is 5.44. The third-order valence-electron chi connectivity index (χ3n) is 4.56. The van der Waals surface area contributed by atoms with Gasteiger partial charge in [-0.3, -0.25) is 4.79 Å². The molecule has 0 atom stereocenters. The maximum atomic E-state index is 12.3. The Balaban J connectivity index is 1.84. The summed E-state index contributed by atoms with van der Waals surface area (Å²) in [5.74, 6) is -1.55. The molecule has 0 saturated carbocycles. The number of carboxylic acids is 1. The van der Waals surface area contributed by atoms with Crippen LogP contribution in [0.1, 0.15) is 37.7 Å². The number of aromatic nitrogens is 1. The number of rotatable bonds is 5. The lowest BCUT2D eigenvalue weighted by Gasteiger charge is -2.11. The molecule has 2 aromatic carbocycles. The van der Waals surface area contributed by atoms with Crippen LogP contribution in [0, 0.1) is 13.8 Å². The summed E-state index contributed by atoms with van der Waals surface area (Å²) in [6.07, 6.45) is 1.51. The summed E-state index contributed by atoms with van der Waals surface area (Å²) in [6, 6.07) is 9.62.